The zero-order chi connectivity index (χ0) is 12.8. The van der Waals surface area contributed by atoms with Gasteiger partial charge in [-0.05, 0) is 12.5 Å². The predicted molar refractivity (Wildman–Crippen MR) is 72.2 cm³/mol. The van der Waals surface area contributed by atoms with Gasteiger partial charge in [0.25, 0.3) is 0 Å². The fourth-order valence-corrected chi connectivity index (χ4v) is 1.89. The lowest BCUT2D eigenvalue weighted by molar-refractivity contribution is 0.171. The Kier molecular flexibility index (Phi) is 4.50. The van der Waals surface area contributed by atoms with Gasteiger partial charge >= 0.3 is 0 Å². The van der Waals surface area contributed by atoms with Crippen LogP contribution in [0.4, 0.5) is 0 Å². The molecular formula is C14H19N3O. The second kappa shape index (κ2) is 6.33. The highest BCUT2D eigenvalue weighted by atomic mass is 16.5. The third-order valence-corrected chi connectivity index (χ3v) is 2.84. The summed E-state index contributed by atoms with van der Waals surface area (Å²) in [4.78, 5) is 0. The molecule has 0 bridgehead atoms. The lowest BCUT2D eigenvalue weighted by Crippen LogP contribution is -2.29. The molecular weight excluding hydrogens is 226 g/mol. The van der Waals surface area contributed by atoms with Gasteiger partial charge in [-0.3, -0.25) is 5.10 Å². The maximum Gasteiger partial charge on any atom is 0.0695 e. The van der Waals surface area contributed by atoms with E-state index in [-0.39, 0.29) is 0 Å². The first kappa shape index (κ1) is 12.8. The van der Waals surface area contributed by atoms with E-state index in [2.05, 4.69) is 34.6 Å². The summed E-state index contributed by atoms with van der Waals surface area (Å²) >= 11 is 0. The molecule has 0 fully saturated rings. The Hall–Kier alpha value is -1.65. The van der Waals surface area contributed by atoms with E-state index in [1.807, 2.05) is 24.4 Å². The van der Waals surface area contributed by atoms with Crippen molar-refractivity contribution in [3.63, 3.8) is 0 Å². The predicted octanol–water partition coefficient (Wildman–Crippen LogP) is 2.20. The molecule has 96 valence electrons. The summed E-state index contributed by atoms with van der Waals surface area (Å²) in [5, 5.41) is 10.6. The van der Waals surface area contributed by atoms with Crippen molar-refractivity contribution in [1.29, 1.82) is 0 Å². The highest BCUT2D eigenvalue weighted by Gasteiger charge is 2.08. The van der Waals surface area contributed by atoms with Gasteiger partial charge in [-0.15, -0.1) is 0 Å². The average Bonchev–Trinajstić information content (AvgIpc) is 2.86. The second-order valence-electron chi connectivity index (χ2n) is 4.37. The Morgan fingerprint density at radius 1 is 1.33 bits per heavy atom. The number of H-pyrrole nitrogens is 1. The molecule has 4 nitrogen and oxygen atoms in total. The number of hydrogen-bond donors (Lipinski definition) is 2. The van der Waals surface area contributed by atoms with Gasteiger partial charge in [0.1, 0.15) is 0 Å². The van der Waals surface area contributed by atoms with E-state index >= 15 is 0 Å². The van der Waals surface area contributed by atoms with Crippen LogP contribution in [0.2, 0.25) is 0 Å². The van der Waals surface area contributed by atoms with Gasteiger partial charge < -0.3 is 10.1 Å². The Morgan fingerprint density at radius 2 is 2.11 bits per heavy atom. The normalized spacial score (nSPS) is 12.6. The smallest absolute Gasteiger partial charge is 0.0695 e. The van der Waals surface area contributed by atoms with E-state index in [9.17, 15) is 0 Å². The van der Waals surface area contributed by atoms with Crippen molar-refractivity contribution in [3.8, 4) is 11.3 Å². The summed E-state index contributed by atoms with van der Waals surface area (Å²) in [5.41, 5.74) is 3.41. The summed E-state index contributed by atoms with van der Waals surface area (Å²) < 4.78 is 5.10. The minimum atomic E-state index is 0.327. The first-order chi connectivity index (χ1) is 8.81. The molecule has 0 radical (unpaired) electrons. The zero-order valence-electron chi connectivity index (χ0n) is 10.8. The van der Waals surface area contributed by atoms with E-state index in [0.29, 0.717) is 12.6 Å². The van der Waals surface area contributed by atoms with E-state index in [1.54, 1.807) is 7.11 Å². The maximum absolute atomic E-state index is 5.10. The van der Waals surface area contributed by atoms with Crippen LogP contribution in [0.25, 0.3) is 11.3 Å². The zero-order valence-corrected chi connectivity index (χ0v) is 10.8. The number of hydrogen-bond acceptors (Lipinski definition) is 3. The Balaban J connectivity index is 2.05. The topological polar surface area (TPSA) is 49.9 Å². The van der Waals surface area contributed by atoms with Gasteiger partial charge in [-0.2, -0.15) is 5.10 Å². The highest BCUT2D eigenvalue weighted by Crippen LogP contribution is 2.20. The molecule has 1 unspecified atom stereocenters. The molecule has 1 heterocycles. The number of rotatable bonds is 6. The minimum absolute atomic E-state index is 0.327. The molecule has 1 aromatic heterocycles. The molecule has 0 spiro atoms. The molecule has 2 aromatic rings. The monoisotopic (exact) mass is 245 g/mol. The maximum atomic E-state index is 5.10. The summed E-state index contributed by atoms with van der Waals surface area (Å²) in [6.07, 6.45) is 1.87. The first-order valence-electron chi connectivity index (χ1n) is 6.11. The van der Waals surface area contributed by atoms with Gasteiger partial charge in [-0.25, -0.2) is 0 Å². The van der Waals surface area contributed by atoms with Crippen LogP contribution in [0.3, 0.4) is 0 Å². The van der Waals surface area contributed by atoms with Crippen molar-refractivity contribution >= 4 is 0 Å². The van der Waals surface area contributed by atoms with Crippen LogP contribution in [0.1, 0.15) is 12.5 Å². The summed E-state index contributed by atoms with van der Waals surface area (Å²) in [6.45, 7) is 3.59. The fraction of sp³-hybridized carbons (Fsp3) is 0.357. The number of benzene rings is 1. The standard InChI is InChI=1S/C14H19N3O/c1-11(10-18-2)15-8-13-9-16-17-14(13)12-6-4-3-5-7-12/h3-7,9,11,15H,8,10H2,1-2H3,(H,16,17). The van der Waals surface area contributed by atoms with Crippen molar-refractivity contribution in [1.82, 2.24) is 15.5 Å². The lowest BCUT2D eigenvalue weighted by atomic mass is 10.1. The number of ether oxygens (including phenoxy) is 1. The van der Waals surface area contributed by atoms with Crippen molar-refractivity contribution in [2.45, 2.75) is 19.5 Å². The number of nitrogens with zero attached hydrogens (tertiary/aromatic N) is 1. The molecule has 2 N–H and O–H groups in total. The van der Waals surface area contributed by atoms with Crippen molar-refractivity contribution in [2.75, 3.05) is 13.7 Å². The number of aromatic nitrogens is 2. The van der Waals surface area contributed by atoms with Gasteiger partial charge in [0.05, 0.1) is 18.5 Å². The molecule has 18 heavy (non-hydrogen) atoms. The molecule has 0 saturated heterocycles. The number of nitrogens with one attached hydrogen (secondary N) is 2. The Morgan fingerprint density at radius 3 is 2.83 bits per heavy atom. The van der Waals surface area contributed by atoms with Crippen LogP contribution >= 0.6 is 0 Å². The second-order valence-corrected chi connectivity index (χ2v) is 4.37. The van der Waals surface area contributed by atoms with Crippen LogP contribution in [-0.2, 0) is 11.3 Å². The van der Waals surface area contributed by atoms with Gasteiger partial charge in [-0.1, -0.05) is 30.3 Å². The summed E-state index contributed by atoms with van der Waals surface area (Å²) in [5.74, 6) is 0. The molecule has 0 aliphatic heterocycles. The van der Waals surface area contributed by atoms with Crippen molar-refractivity contribution in [3.05, 3.63) is 42.1 Å². The molecule has 0 saturated carbocycles. The third-order valence-electron chi connectivity index (χ3n) is 2.84. The Bertz CT molecular complexity index is 467. The fourth-order valence-electron chi connectivity index (χ4n) is 1.89. The van der Waals surface area contributed by atoms with Gasteiger partial charge in [0, 0.05) is 25.3 Å². The first-order valence-corrected chi connectivity index (χ1v) is 6.11. The van der Waals surface area contributed by atoms with E-state index in [1.165, 1.54) is 5.56 Å². The molecule has 0 aliphatic rings. The largest absolute Gasteiger partial charge is 0.383 e. The lowest BCUT2D eigenvalue weighted by Gasteiger charge is -2.12. The minimum Gasteiger partial charge on any atom is -0.383 e. The highest BCUT2D eigenvalue weighted by molar-refractivity contribution is 5.62. The van der Waals surface area contributed by atoms with E-state index in [0.717, 1.165) is 17.8 Å². The van der Waals surface area contributed by atoms with E-state index < -0.39 is 0 Å². The van der Waals surface area contributed by atoms with E-state index in [4.69, 9.17) is 4.74 Å². The Labute approximate surface area is 107 Å². The van der Waals surface area contributed by atoms with Gasteiger partial charge in [0.2, 0.25) is 0 Å². The van der Waals surface area contributed by atoms with Crippen LogP contribution in [-0.4, -0.2) is 30.0 Å². The van der Waals surface area contributed by atoms with Crippen LogP contribution in [0.15, 0.2) is 36.5 Å². The molecule has 4 heteroatoms. The van der Waals surface area contributed by atoms with Crippen molar-refractivity contribution < 1.29 is 4.74 Å². The number of methoxy groups -OCH3 is 1. The van der Waals surface area contributed by atoms with Crippen molar-refractivity contribution in [2.24, 2.45) is 0 Å². The molecule has 0 amide bonds. The van der Waals surface area contributed by atoms with Crippen LogP contribution < -0.4 is 5.32 Å². The summed E-state index contributed by atoms with van der Waals surface area (Å²) in [6, 6.07) is 10.6. The summed E-state index contributed by atoms with van der Waals surface area (Å²) in [7, 11) is 1.71. The third kappa shape index (κ3) is 3.18. The van der Waals surface area contributed by atoms with Crippen LogP contribution in [0, 0.1) is 0 Å². The SMILES string of the molecule is COCC(C)NCc1cn[nH]c1-c1ccccc1. The van der Waals surface area contributed by atoms with Gasteiger partial charge in [0.15, 0.2) is 0 Å². The number of aromatic amines is 1. The molecule has 0 aliphatic carbocycles. The average molecular weight is 245 g/mol. The molecule has 1 atom stereocenters. The molecule has 2 rings (SSSR count). The quantitative estimate of drug-likeness (QED) is 0.820. The van der Waals surface area contributed by atoms with Crippen LogP contribution in [0.5, 0.6) is 0 Å². The molecule has 1 aromatic carbocycles.